The molecule has 0 fully saturated rings. The van der Waals surface area contributed by atoms with Gasteiger partial charge in [-0.05, 0) is 48.9 Å². The molecule has 2 aromatic carbocycles. The number of likely N-dealkylation sites (N-methyl/N-ethyl adjacent to an activating group) is 1. The highest BCUT2D eigenvalue weighted by molar-refractivity contribution is 7.89. The lowest BCUT2D eigenvalue weighted by atomic mass is 10.2. The average molecular weight is 440 g/mol. The van der Waals surface area contributed by atoms with E-state index in [2.05, 4.69) is 10.1 Å². The number of nitrogens with zero attached hydrogens (tertiary/aromatic N) is 3. The molecule has 0 amide bonds. The minimum atomic E-state index is -3.83. The molecule has 0 radical (unpaired) electrons. The van der Waals surface area contributed by atoms with E-state index in [1.54, 1.807) is 31.2 Å². The fourth-order valence-electron chi connectivity index (χ4n) is 2.52. The molecule has 3 aromatic rings. The maximum atomic E-state index is 13.5. The summed E-state index contributed by atoms with van der Waals surface area (Å²) in [5, 5.41) is 4.43. The number of rotatable bonds is 8. The fourth-order valence-corrected chi connectivity index (χ4v) is 4.05. The van der Waals surface area contributed by atoms with Crippen LogP contribution in [0.5, 0.6) is 5.75 Å². The van der Waals surface area contributed by atoms with Crippen molar-refractivity contribution in [3.63, 3.8) is 0 Å². The van der Waals surface area contributed by atoms with E-state index < -0.39 is 15.8 Å². The third kappa shape index (κ3) is 5.31. The first-order valence-corrected chi connectivity index (χ1v) is 10.5. The molecule has 0 aliphatic carbocycles. The van der Waals surface area contributed by atoms with Crippen molar-refractivity contribution in [1.29, 1.82) is 0 Å². The predicted molar refractivity (Wildman–Crippen MR) is 105 cm³/mol. The summed E-state index contributed by atoms with van der Waals surface area (Å²) >= 11 is 5.82. The van der Waals surface area contributed by atoms with Gasteiger partial charge in [-0.2, -0.15) is 4.98 Å². The molecular formula is C19H19ClFN3O4S. The van der Waals surface area contributed by atoms with Crippen LogP contribution in [0.3, 0.4) is 0 Å². The molecule has 1 aromatic heterocycles. The van der Waals surface area contributed by atoms with Gasteiger partial charge in [-0.15, -0.1) is 0 Å². The Hall–Kier alpha value is -2.49. The SMILES string of the molecule is Cc1ccc(F)cc1S(=O)(=O)N(C)CCc1noc(COc2ccc(Cl)cc2)n1. The van der Waals surface area contributed by atoms with Crippen LogP contribution in [0.25, 0.3) is 0 Å². The van der Waals surface area contributed by atoms with Crippen molar-refractivity contribution >= 4 is 21.6 Å². The highest BCUT2D eigenvalue weighted by atomic mass is 35.5. The second-order valence-electron chi connectivity index (χ2n) is 6.33. The van der Waals surface area contributed by atoms with Gasteiger partial charge in [0.2, 0.25) is 10.0 Å². The fraction of sp³-hybridized carbons (Fsp3) is 0.263. The van der Waals surface area contributed by atoms with E-state index in [1.165, 1.54) is 19.2 Å². The van der Waals surface area contributed by atoms with Gasteiger partial charge in [0.1, 0.15) is 11.6 Å². The molecule has 29 heavy (non-hydrogen) atoms. The summed E-state index contributed by atoms with van der Waals surface area (Å²) in [6.07, 6.45) is 0.231. The van der Waals surface area contributed by atoms with Crippen LogP contribution in [0.1, 0.15) is 17.3 Å². The lowest BCUT2D eigenvalue weighted by Crippen LogP contribution is -2.29. The predicted octanol–water partition coefficient (Wildman–Crippen LogP) is 3.61. The number of hydrogen-bond donors (Lipinski definition) is 0. The normalized spacial score (nSPS) is 11.8. The maximum absolute atomic E-state index is 13.5. The lowest BCUT2D eigenvalue weighted by Gasteiger charge is -2.17. The van der Waals surface area contributed by atoms with Crippen LogP contribution in [-0.2, 0) is 23.1 Å². The Morgan fingerprint density at radius 2 is 1.93 bits per heavy atom. The quantitative estimate of drug-likeness (QED) is 0.533. The van der Waals surface area contributed by atoms with Crippen LogP contribution >= 0.6 is 11.6 Å². The molecule has 0 spiro atoms. The molecule has 7 nitrogen and oxygen atoms in total. The number of benzene rings is 2. The molecular weight excluding hydrogens is 421 g/mol. The second kappa shape index (κ2) is 8.89. The van der Waals surface area contributed by atoms with E-state index in [0.717, 1.165) is 10.4 Å². The van der Waals surface area contributed by atoms with Gasteiger partial charge in [-0.3, -0.25) is 0 Å². The molecule has 0 saturated heterocycles. The molecule has 0 N–H and O–H groups in total. The zero-order valence-corrected chi connectivity index (χ0v) is 17.4. The molecule has 3 rings (SSSR count). The van der Waals surface area contributed by atoms with Gasteiger partial charge in [0.05, 0.1) is 4.90 Å². The Balaban J connectivity index is 1.58. The standard InChI is InChI=1S/C19H19ClFN3O4S/c1-13-3-6-15(21)11-17(13)29(25,26)24(2)10-9-18-22-19(28-23-18)12-27-16-7-4-14(20)5-8-16/h3-8,11H,9-10,12H2,1-2H3. The molecule has 10 heteroatoms. The van der Waals surface area contributed by atoms with Crippen molar-refractivity contribution in [1.82, 2.24) is 14.4 Å². The van der Waals surface area contributed by atoms with E-state index in [0.29, 0.717) is 22.2 Å². The number of halogens is 2. The van der Waals surface area contributed by atoms with Crippen molar-refractivity contribution < 1.29 is 22.1 Å². The van der Waals surface area contributed by atoms with E-state index in [1.807, 2.05) is 0 Å². The molecule has 0 aliphatic heterocycles. The Kier molecular flexibility index (Phi) is 6.51. The van der Waals surface area contributed by atoms with E-state index in [9.17, 15) is 12.8 Å². The number of aromatic nitrogens is 2. The second-order valence-corrected chi connectivity index (χ2v) is 8.78. The third-order valence-corrected chi connectivity index (χ3v) is 6.43. The number of ether oxygens (including phenoxy) is 1. The first kappa shape index (κ1) is 21.2. The van der Waals surface area contributed by atoms with E-state index in [4.69, 9.17) is 20.9 Å². The Morgan fingerprint density at radius 1 is 1.21 bits per heavy atom. The monoisotopic (exact) mass is 439 g/mol. The van der Waals surface area contributed by atoms with Crippen molar-refractivity contribution in [3.8, 4) is 5.75 Å². The Morgan fingerprint density at radius 3 is 2.66 bits per heavy atom. The maximum Gasteiger partial charge on any atom is 0.264 e. The van der Waals surface area contributed by atoms with Crippen LogP contribution in [0.15, 0.2) is 51.9 Å². The van der Waals surface area contributed by atoms with Gasteiger partial charge in [0, 0.05) is 25.0 Å². The van der Waals surface area contributed by atoms with Crippen molar-refractivity contribution in [2.45, 2.75) is 24.8 Å². The van der Waals surface area contributed by atoms with E-state index >= 15 is 0 Å². The Bertz CT molecular complexity index is 1090. The smallest absolute Gasteiger partial charge is 0.264 e. The van der Waals surface area contributed by atoms with Gasteiger partial charge >= 0.3 is 0 Å². The summed E-state index contributed by atoms with van der Waals surface area (Å²) in [5.41, 5.74) is 0.472. The van der Waals surface area contributed by atoms with Crippen LogP contribution in [0.4, 0.5) is 4.39 Å². The number of aryl methyl sites for hydroxylation is 1. The summed E-state index contributed by atoms with van der Waals surface area (Å²) < 4.78 is 50.6. The topological polar surface area (TPSA) is 85.5 Å². The molecule has 0 saturated carbocycles. The van der Waals surface area contributed by atoms with Gasteiger partial charge in [0.25, 0.3) is 5.89 Å². The van der Waals surface area contributed by atoms with Gasteiger partial charge in [-0.1, -0.05) is 22.8 Å². The van der Waals surface area contributed by atoms with Crippen LogP contribution in [0, 0.1) is 12.7 Å². The largest absolute Gasteiger partial charge is 0.484 e. The summed E-state index contributed by atoms with van der Waals surface area (Å²) in [6, 6.07) is 10.5. The van der Waals surface area contributed by atoms with Crippen LogP contribution in [-0.4, -0.2) is 36.5 Å². The molecule has 154 valence electrons. The Labute approximate surface area is 173 Å². The van der Waals surface area contributed by atoms with Crippen LogP contribution < -0.4 is 4.74 Å². The van der Waals surface area contributed by atoms with E-state index in [-0.39, 0.29) is 30.4 Å². The van der Waals surface area contributed by atoms with Crippen molar-refractivity contribution in [2.24, 2.45) is 0 Å². The zero-order valence-electron chi connectivity index (χ0n) is 15.8. The molecule has 0 unspecified atom stereocenters. The van der Waals surface area contributed by atoms with Crippen molar-refractivity contribution in [3.05, 3.63) is 70.6 Å². The number of sulfonamides is 1. The summed E-state index contributed by atoms with van der Waals surface area (Å²) in [6.45, 7) is 1.80. The van der Waals surface area contributed by atoms with Gasteiger partial charge < -0.3 is 9.26 Å². The minimum absolute atomic E-state index is 0.0647. The van der Waals surface area contributed by atoms with Crippen molar-refractivity contribution in [2.75, 3.05) is 13.6 Å². The van der Waals surface area contributed by atoms with Crippen LogP contribution in [0.2, 0.25) is 5.02 Å². The first-order chi connectivity index (χ1) is 13.8. The molecule has 0 aliphatic rings. The van der Waals surface area contributed by atoms with Gasteiger partial charge in [-0.25, -0.2) is 17.1 Å². The highest BCUT2D eigenvalue weighted by Gasteiger charge is 2.23. The zero-order chi connectivity index (χ0) is 21.0. The summed E-state index contributed by atoms with van der Waals surface area (Å²) in [5.74, 6) is 0.607. The molecule has 0 bridgehead atoms. The lowest BCUT2D eigenvalue weighted by molar-refractivity contribution is 0.242. The summed E-state index contributed by atoms with van der Waals surface area (Å²) in [4.78, 5) is 4.13. The minimum Gasteiger partial charge on any atom is -0.484 e. The molecule has 0 atom stereocenters. The summed E-state index contributed by atoms with van der Waals surface area (Å²) in [7, 11) is -2.41. The third-order valence-electron chi connectivity index (χ3n) is 4.17. The number of hydrogen-bond acceptors (Lipinski definition) is 6. The van der Waals surface area contributed by atoms with Gasteiger partial charge in [0.15, 0.2) is 12.4 Å². The highest BCUT2D eigenvalue weighted by Crippen LogP contribution is 2.20. The first-order valence-electron chi connectivity index (χ1n) is 8.68. The molecule has 1 heterocycles. The average Bonchev–Trinajstić information content (AvgIpc) is 3.15.